The third-order valence-corrected chi connectivity index (χ3v) is 4.80. The summed E-state index contributed by atoms with van der Waals surface area (Å²) >= 11 is 0. The minimum Gasteiger partial charge on any atom is -0.497 e. The number of ether oxygens (including phenoxy) is 2. The number of rotatable bonds is 6. The van der Waals surface area contributed by atoms with Gasteiger partial charge in [0.15, 0.2) is 0 Å². The maximum absolute atomic E-state index is 11.6. The van der Waals surface area contributed by atoms with Crippen molar-refractivity contribution in [1.29, 1.82) is 0 Å². The summed E-state index contributed by atoms with van der Waals surface area (Å²) < 4.78 is 11.8. The Bertz CT molecular complexity index is 1150. The maximum Gasteiger partial charge on any atom is 0.337 e. The Labute approximate surface area is 174 Å². The van der Waals surface area contributed by atoms with E-state index < -0.39 is 0 Å². The number of aromatic nitrogens is 3. The van der Waals surface area contributed by atoms with Gasteiger partial charge in [-0.3, -0.25) is 9.67 Å². The number of carbonyl (C=O) groups is 1. The van der Waals surface area contributed by atoms with Crippen LogP contribution in [-0.2, 0) is 11.3 Å². The van der Waals surface area contributed by atoms with Crippen molar-refractivity contribution in [1.82, 2.24) is 14.8 Å². The van der Waals surface area contributed by atoms with Gasteiger partial charge in [0.05, 0.1) is 37.7 Å². The number of benzene rings is 2. The molecule has 0 saturated heterocycles. The average molecular weight is 399 g/mol. The van der Waals surface area contributed by atoms with Gasteiger partial charge in [-0.25, -0.2) is 4.79 Å². The molecule has 0 atom stereocenters. The molecule has 2 aromatic heterocycles. The highest BCUT2D eigenvalue weighted by atomic mass is 16.5. The van der Waals surface area contributed by atoms with Crippen LogP contribution in [0.1, 0.15) is 15.9 Å². The van der Waals surface area contributed by atoms with E-state index in [1.807, 2.05) is 65.5 Å². The Morgan fingerprint density at radius 3 is 2.37 bits per heavy atom. The second kappa shape index (κ2) is 8.61. The van der Waals surface area contributed by atoms with Gasteiger partial charge in [0.1, 0.15) is 5.75 Å². The van der Waals surface area contributed by atoms with E-state index in [-0.39, 0.29) is 5.97 Å². The van der Waals surface area contributed by atoms with Gasteiger partial charge in [0, 0.05) is 23.5 Å². The fourth-order valence-electron chi connectivity index (χ4n) is 3.16. The molecule has 2 heterocycles. The molecule has 4 rings (SSSR count). The normalized spacial score (nSPS) is 10.6. The summed E-state index contributed by atoms with van der Waals surface area (Å²) in [5, 5.41) is 4.69. The maximum atomic E-state index is 11.6. The molecule has 0 bridgehead atoms. The van der Waals surface area contributed by atoms with E-state index in [4.69, 9.17) is 9.47 Å². The lowest BCUT2D eigenvalue weighted by Gasteiger charge is -2.05. The van der Waals surface area contributed by atoms with Crippen LogP contribution in [0.25, 0.3) is 22.5 Å². The van der Waals surface area contributed by atoms with Gasteiger partial charge in [-0.05, 0) is 60.2 Å². The van der Waals surface area contributed by atoms with E-state index in [1.165, 1.54) is 7.11 Å². The fraction of sp³-hybridized carbons (Fsp3) is 0.125. The lowest BCUT2D eigenvalue weighted by Crippen LogP contribution is -2.03. The van der Waals surface area contributed by atoms with Crippen molar-refractivity contribution < 1.29 is 14.3 Å². The molecular formula is C24H21N3O3. The lowest BCUT2D eigenvalue weighted by molar-refractivity contribution is 0.0600. The average Bonchev–Trinajstić information content (AvgIpc) is 3.28. The number of pyridine rings is 1. The minimum absolute atomic E-state index is 0.340. The molecule has 0 radical (unpaired) electrons. The zero-order valence-electron chi connectivity index (χ0n) is 16.8. The van der Waals surface area contributed by atoms with Crippen LogP contribution in [0.2, 0.25) is 0 Å². The molecule has 6 nitrogen and oxygen atoms in total. The van der Waals surface area contributed by atoms with Crippen LogP contribution in [0.15, 0.2) is 79.1 Å². The number of nitrogens with zero attached hydrogens (tertiary/aromatic N) is 3. The molecule has 6 heteroatoms. The van der Waals surface area contributed by atoms with Crippen LogP contribution in [0.3, 0.4) is 0 Å². The van der Waals surface area contributed by atoms with Crippen molar-refractivity contribution in [2.24, 2.45) is 0 Å². The topological polar surface area (TPSA) is 66.2 Å². The van der Waals surface area contributed by atoms with Crippen LogP contribution >= 0.6 is 0 Å². The number of esters is 1. The van der Waals surface area contributed by atoms with Gasteiger partial charge in [-0.2, -0.15) is 5.10 Å². The van der Waals surface area contributed by atoms with E-state index in [9.17, 15) is 4.79 Å². The number of hydrogen-bond acceptors (Lipinski definition) is 5. The number of methoxy groups -OCH3 is 2. The zero-order valence-corrected chi connectivity index (χ0v) is 16.8. The third-order valence-electron chi connectivity index (χ3n) is 4.80. The summed E-state index contributed by atoms with van der Waals surface area (Å²) in [6.07, 6.45) is 3.73. The van der Waals surface area contributed by atoms with Gasteiger partial charge in [0.25, 0.3) is 0 Å². The Balaban J connectivity index is 1.51. The standard InChI is InChI=1S/C24H21N3O3/c1-29-21-9-7-18(8-10-21)23-15-20(11-13-25-23)22-12-14-27(26-22)16-17-3-5-19(6-4-17)24(28)30-2/h3-15H,16H2,1-2H3. The first-order valence-electron chi connectivity index (χ1n) is 9.48. The number of hydrogen-bond donors (Lipinski definition) is 0. The van der Waals surface area contributed by atoms with Crippen molar-refractivity contribution in [2.45, 2.75) is 6.54 Å². The van der Waals surface area contributed by atoms with Crippen molar-refractivity contribution in [3.8, 4) is 28.3 Å². The predicted octanol–water partition coefficient (Wildman–Crippen LogP) is 4.46. The predicted molar refractivity (Wildman–Crippen MR) is 114 cm³/mol. The van der Waals surface area contributed by atoms with Crippen LogP contribution in [0.4, 0.5) is 0 Å². The third kappa shape index (κ3) is 4.22. The summed E-state index contributed by atoms with van der Waals surface area (Å²) in [4.78, 5) is 16.0. The molecule has 0 aliphatic heterocycles. The number of carbonyl (C=O) groups excluding carboxylic acids is 1. The van der Waals surface area contributed by atoms with Crippen LogP contribution in [-0.4, -0.2) is 35.0 Å². The molecule has 0 aliphatic rings. The van der Waals surface area contributed by atoms with Gasteiger partial charge >= 0.3 is 5.97 Å². The summed E-state index contributed by atoms with van der Waals surface area (Å²) in [5.41, 5.74) is 5.34. The molecular weight excluding hydrogens is 378 g/mol. The van der Waals surface area contributed by atoms with E-state index in [0.717, 1.165) is 33.8 Å². The summed E-state index contributed by atoms with van der Waals surface area (Å²) in [6.45, 7) is 0.609. The van der Waals surface area contributed by atoms with Crippen molar-refractivity contribution in [3.05, 3.63) is 90.3 Å². The smallest absolute Gasteiger partial charge is 0.337 e. The Hall–Kier alpha value is -3.93. The molecule has 4 aromatic rings. The van der Waals surface area contributed by atoms with Crippen molar-refractivity contribution in [2.75, 3.05) is 14.2 Å². The van der Waals surface area contributed by atoms with Crippen LogP contribution < -0.4 is 4.74 Å². The second-order valence-electron chi connectivity index (χ2n) is 6.75. The summed E-state index contributed by atoms with van der Waals surface area (Å²) in [7, 11) is 3.03. The SMILES string of the molecule is COC(=O)c1ccc(Cn2ccc(-c3ccnc(-c4ccc(OC)cc4)c3)n2)cc1. The molecule has 0 aliphatic carbocycles. The molecule has 0 amide bonds. The molecule has 0 unspecified atom stereocenters. The Kier molecular flexibility index (Phi) is 5.57. The first kappa shape index (κ1) is 19.4. The van der Waals surface area contributed by atoms with E-state index in [0.29, 0.717) is 12.1 Å². The molecule has 0 saturated carbocycles. The Morgan fingerprint density at radius 1 is 0.900 bits per heavy atom. The van der Waals surface area contributed by atoms with Crippen LogP contribution in [0.5, 0.6) is 5.75 Å². The summed E-state index contributed by atoms with van der Waals surface area (Å²) in [5.74, 6) is 0.474. The van der Waals surface area contributed by atoms with E-state index in [2.05, 4.69) is 10.1 Å². The highest BCUT2D eigenvalue weighted by Crippen LogP contribution is 2.25. The lowest BCUT2D eigenvalue weighted by atomic mass is 10.1. The summed E-state index contributed by atoms with van der Waals surface area (Å²) in [6, 6.07) is 21.1. The first-order chi connectivity index (χ1) is 14.7. The highest BCUT2D eigenvalue weighted by Gasteiger charge is 2.08. The molecule has 150 valence electrons. The van der Waals surface area contributed by atoms with E-state index in [1.54, 1.807) is 25.4 Å². The van der Waals surface area contributed by atoms with Gasteiger partial charge in [0.2, 0.25) is 0 Å². The van der Waals surface area contributed by atoms with E-state index >= 15 is 0 Å². The highest BCUT2D eigenvalue weighted by molar-refractivity contribution is 5.89. The minimum atomic E-state index is -0.340. The van der Waals surface area contributed by atoms with Gasteiger partial charge in [-0.1, -0.05) is 12.1 Å². The molecule has 0 spiro atoms. The first-order valence-corrected chi connectivity index (χ1v) is 9.48. The van der Waals surface area contributed by atoms with Gasteiger partial charge in [-0.15, -0.1) is 0 Å². The Morgan fingerprint density at radius 2 is 1.67 bits per heavy atom. The fourth-order valence-corrected chi connectivity index (χ4v) is 3.16. The second-order valence-corrected chi connectivity index (χ2v) is 6.75. The monoisotopic (exact) mass is 399 g/mol. The van der Waals surface area contributed by atoms with Crippen molar-refractivity contribution in [3.63, 3.8) is 0 Å². The van der Waals surface area contributed by atoms with Crippen LogP contribution in [0, 0.1) is 0 Å². The molecule has 30 heavy (non-hydrogen) atoms. The van der Waals surface area contributed by atoms with Gasteiger partial charge < -0.3 is 9.47 Å². The quantitative estimate of drug-likeness (QED) is 0.448. The molecule has 2 aromatic carbocycles. The largest absolute Gasteiger partial charge is 0.497 e. The molecule has 0 fully saturated rings. The zero-order chi connectivity index (χ0) is 20.9. The molecule has 0 N–H and O–H groups in total. The van der Waals surface area contributed by atoms with Crippen molar-refractivity contribution >= 4 is 5.97 Å².